The van der Waals surface area contributed by atoms with Crippen molar-refractivity contribution in [2.45, 2.75) is 71.1 Å². The summed E-state index contributed by atoms with van der Waals surface area (Å²) in [5.41, 5.74) is 1.14. The van der Waals surface area contributed by atoms with Crippen molar-refractivity contribution in [1.29, 1.82) is 0 Å². The van der Waals surface area contributed by atoms with E-state index in [-0.39, 0.29) is 30.6 Å². The van der Waals surface area contributed by atoms with Crippen molar-refractivity contribution in [2.75, 3.05) is 50.5 Å². The topological polar surface area (TPSA) is 103 Å². The summed E-state index contributed by atoms with van der Waals surface area (Å²) in [6.45, 7) is 8.57. The lowest BCUT2D eigenvalue weighted by molar-refractivity contribution is -0.0172. The summed E-state index contributed by atoms with van der Waals surface area (Å²) in [6.07, 6.45) is 5.01. The third kappa shape index (κ3) is 9.91. The monoisotopic (exact) mass is 598 g/mol. The number of nitrogens with zero attached hydrogens (tertiary/aromatic N) is 2. The highest BCUT2D eigenvalue weighted by molar-refractivity contribution is 6.02. The summed E-state index contributed by atoms with van der Waals surface area (Å²) in [6, 6.07) is 9.48. The number of aliphatic hydroxyl groups is 1. The fourth-order valence-corrected chi connectivity index (χ4v) is 5.41. The first kappa shape index (κ1) is 32.7. The smallest absolute Gasteiger partial charge is 0.323 e. The predicted molar refractivity (Wildman–Crippen MR) is 166 cm³/mol. The molecule has 1 aliphatic heterocycles. The number of hydrogen-bond donors (Lipinski definition) is 3. The molecule has 0 saturated heterocycles. The van der Waals surface area contributed by atoms with Gasteiger partial charge in [-0.05, 0) is 101 Å². The Balaban J connectivity index is 1.58. The Morgan fingerprint density at radius 2 is 1.77 bits per heavy atom. The third-order valence-corrected chi connectivity index (χ3v) is 8.17. The maximum Gasteiger partial charge on any atom is 0.323 e. The Morgan fingerprint density at radius 3 is 2.47 bits per heavy atom. The molecule has 2 aliphatic rings. The van der Waals surface area contributed by atoms with E-state index in [9.17, 15) is 19.1 Å². The van der Waals surface area contributed by atoms with Crippen LogP contribution in [-0.2, 0) is 4.74 Å². The molecule has 0 unspecified atom stereocenters. The largest absolute Gasteiger partial charge is 0.490 e. The van der Waals surface area contributed by atoms with Gasteiger partial charge in [-0.2, -0.15) is 0 Å². The van der Waals surface area contributed by atoms with Gasteiger partial charge in [0.2, 0.25) is 0 Å². The van der Waals surface area contributed by atoms with E-state index in [1.807, 2.05) is 13.8 Å². The molecule has 4 rings (SSSR count). The molecule has 2 aromatic carbocycles. The molecule has 0 spiro atoms. The highest BCUT2D eigenvalue weighted by Gasteiger charge is 2.31. The number of amides is 3. The van der Waals surface area contributed by atoms with E-state index in [1.165, 1.54) is 37.1 Å². The number of carbonyl (C=O) groups is 2. The summed E-state index contributed by atoms with van der Waals surface area (Å²) in [5, 5.41) is 15.6. The van der Waals surface area contributed by atoms with Crippen LogP contribution in [0.25, 0.3) is 0 Å². The molecule has 0 radical (unpaired) electrons. The molecule has 9 nitrogen and oxygen atoms in total. The summed E-state index contributed by atoms with van der Waals surface area (Å²) in [7, 11) is 2.13. The minimum Gasteiger partial charge on any atom is -0.490 e. The molecule has 0 bridgehead atoms. The summed E-state index contributed by atoms with van der Waals surface area (Å²) >= 11 is 0. The first-order valence-electron chi connectivity index (χ1n) is 15.5. The zero-order valence-corrected chi connectivity index (χ0v) is 25.9. The zero-order chi connectivity index (χ0) is 30.9. The minimum atomic E-state index is -0.529. The summed E-state index contributed by atoms with van der Waals surface area (Å²) < 4.78 is 26.0. The van der Waals surface area contributed by atoms with Gasteiger partial charge in [0.25, 0.3) is 5.91 Å². The number of fused-ring (bicyclic) bond motifs is 1. The van der Waals surface area contributed by atoms with Crippen LogP contribution in [0.4, 0.5) is 20.6 Å². The summed E-state index contributed by atoms with van der Waals surface area (Å²) in [4.78, 5) is 31.0. The van der Waals surface area contributed by atoms with Gasteiger partial charge in [0.15, 0.2) is 0 Å². The Labute approximate surface area is 254 Å². The molecule has 2 aromatic rings. The molecule has 10 heteroatoms. The molecule has 236 valence electrons. The Kier molecular flexibility index (Phi) is 11.8. The zero-order valence-electron chi connectivity index (χ0n) is 25.9. The number of likely N-dealkylation sites (N-methyl/N-ethyl adjacent to an activating group) is 1. The van der Waals surface area contributed by atoms with Crippen LogP contribution in [0.2, 0.25) is 0 Å². The maximum atomic E-state index is 14.2. The van der Waals surface area contributed by atoms with Gasteiger partial charge in [0.05, 0.1) is 30.4 Å². The molecule has 1 saturated carbocycles. The van der Waals surface area contributed by atoms with Crippen LogP contribution in [0.15, 0.2) is 42.5 Å². The van der Waals surface area contributed by atoms with E-state index >= 15 is 0 Å². The molecule has 0 aromatic heterocycles. The number of urea groups is 1. The second-order valence-electron chi connectivity index (χ2n) is 12.3. The minimum absolute atomic E-state index is 0.00799. The van der Waals surface area contributed by atoms with Crippen molar-refractivity contribution in [1.82, 2.24) is 9.80 Å². The first-order valence-corrected chi connectivity index (χ1v) is 15.5. The van der Waals surface area contributed by atoms with E-state index in [1.54, 1.807) is 23.1 Å². The molecule has 1 heterocycles. The fraction of sp³-hybridized carbons (Fsp3) is 0.576. The Hall–Kier alpha value is -3.21. The van der Waals surface area contributed by atoms with Gasteiger partial charge in [-0.25, -0.2) is 9.18 Å². The van der Waals surface area contributed by atoms with E-state index < -0.39 is 17.9 Å². The van der Waals surface area contributed by atoms with Crippen LogP contribution in [0.3, 0.4) is 0 Å². The molecule has 1 fully saturated rings. The lowest BCUT2D eigenvalue weighted by Crippen LogP contribution is -2.47. The number of nitrogens with one attached hydrogen (secondary N) is 2. The first-order chi connectivity index (χ1) is 20.6. The number of carbonyl (C=O) groups excluding carboxylic acids is 2. The summed E-state index contributed by atoms with van der Waals surface area (Å²) in [5.74, 6) is 0.515. The number of hydrogen-bond acceptors (Lipinski definition) is 6. The number of benzene rings is 2. The van der Waals surface area contributed by atoms with Gasteiger partial charge >= 0.3 is 6.03 Å². The molecule has 4 atom stereocenters. The van der Waals surface area contributed by atoms with E-state index in [2.05, 4.69) is 29.5 Å². The van der Waals surface area contributed by atoms with Crippen molar-refractivity contribution < 1.29 is 28.6 Å². The van der Waals surface area contributed by atoms with Gasteiger partial charge in [0, 0.05) is 43.5 Å². The predicted octanol–water partition coefficient (Wildman–Crippen LogP) is 5.61. The van der Waals surface area contributed by atoms with Gasteiger partial charge in [-0.15, -0.1) is 0 Å². The molecule has 43 heavy (non-hydrogen) atoms. The van der Waals surface area contributed by atoms with Crippen LogP contribution in [0, 0.1) is 17.7 Å². The number of aliphatic hydroxyl groups excluding tert-OH is 1. The third-order valence-electron chi connectivity index (χ3n) is 8.17. The normalized spacial score (nSPS) is 22.7. The number of anilines is 2. The molecular formula is C33H47FN4O5. The fourth-order valence-electron chi connectivity index (χ4n) is 5.41. The van der Waals surface area contributed by atoms with Crippen LogP contribution in [-0.4, -0.2) is 85.0 Å². The Morgan fingerprint density at radius 1 is 1.07 bits per heavy atom. The average Bonchev–Trinajstić information content (AvgIpc) is 3.79. The van der Waals surface area contributed by atoms with Gasteiger partial charge in [0.1, 0.15) is 11.6 Å². The van der Waals surface area contributed by atoms with Crippen LogP contribution in [0.1, 0.15) is 63.2 Å². The second kappa shape index (κ2) is 15.5. The van der Waals surface area contributed by atoms with E-state index in [4.69, 9.17) is 9.47 Å². The second-order valence-corrected chi connectivity index (χ2v) is 12.3. The van der Waals surface area contributed by atoms with Gasteiger partial charge in [-0.1, -0.05) is 6.92 Å². The van der Waals surface area contributed by atoms with Crippen molar-refractivity contribution in [2.24, 2.45) is 11.8 Å². The van der Waals surface area contributed by atoms with Crippen molar-refractivity contribution >= 4 is 23.3 Å². The van der Waals surface area contributed by atoms with Crippen LogP contribution >= 0.6 is 0 Å². The highest BCUT2D eigenvalue weighted by Crippen LogP contribution is 2.31. The standard InChI is InChI=1S/C33H47FN4O5/c1-22-18-38(23(2)21-39)32(40)29-17-28(36-33(41)35-27-12-10-26(34)11-13-27)14-15-30(29)43-24(3)7-5-6-16-42-31(22)20-37(4)19-25-8-9-25/h10-15,17,22-25,31,39H,5-9,16,18-21H2,1-4H3,(H2,35,36,41)/t22-,23+,24-,31-/m1/s1. The quantitative estimate of drug-likeness (QED) is 0.365. The SMILES string of the molecule is C[C@@H]1CCCCO[C@H](CN(C)CC2CC2)[C@H](C)CN([C@@H](C)CO)C(=O)c2cc(NC(=O)Nc3ccc(F)cc3)ccc2O1. The molecule has 3 N–H and O–H groups in total. The van der Waals surface area contributed by atoms with Crippen molar-refractivity contribution in [3.63, 3.8) is 0 Å². The van der Waals surface area contributed by atoms with Crippen LogP contribution in [0.5, 0.6) is 5.75 Å². The van der Waals surface area contributed by atoms with Crippen molar-refractivity contribution in [3.05, 3.63) is 53.8 Å². The number of rotatable bonds is 8. The Bertz CT molecular complexity index is 1210. The number of ether oxygens (including phenoxy) is 2. The lowest BCUT2D eigenvalue weighted by Gasteiger charge is -2.36. The lowest BCUT2D eigenvalue weighted by atomic mass is 10.0. The van der Waals surface area contributed by atoms with E-state index in [0.29, 0.717) is 35.8 Å². The van der Waals surface area contributed by atoms with Gasteiger partial charge < -0.3 is 35.0 Å². The molecule has 1 aliphatic carbocycles. The van der Waals surface area contributed by atoms with Gasteiger partial charge in [-0.3, -0.25) is 4.79 Å². The van der Waals surface area contributed by atoms with E-state index in [0.717, 1.165) is 38.3 Å². The molecular weight excluding hydrogens is 551 g/mol. The highest BCUT2D eigenvalue weighted by atomic mass is 19.1. The molecule has 3 amide bonds. The maximum absolute atomic E-state index is 14.2. The average molecular weight is 599 g/mol. The van der Waals surface area contributed by atoms with Crippen LogP contribution < -0.4 is 15.4 Å². The number of halogens is 1. The van der Waals surface area contributed by atoms with Crippen molar-refractivity contribution in [3.8, 4) is 5.75 Å².